The summed E-state index contributed by atoms with van der Waals surface area (Å²) in [5.41, 5.74) is 2.54. The lowest BCUT2D eigenvalue weighted by molar-refractivity contribution is 0.149. The van der Waals surface area contributed by atoms with Crippen LogP contribution in [0.1, 0.15) is 50.2 Å². The van der Waals surface area contributed by atoms with Gasteiger partial charge >= 0.3 is 0 Å². The van der Waals surface area contributed by atoms with E-state index >= 15 is 0 Å². The molecule has 0 fully saturated rings. The van der Waals surface area contributed by atoms with Crippen molar-refractivity contribution in [3.8, 4) is 11.5 Å². The van der Waals surface area contributed by atoms with Crippen LogP contribution in [-0.4, -0.2) is 44.3 Å². The number of hydrogen-bond acceptors (Lipinski definition) is 5. The molecule has 0 aliphatic heterocycles. The van der Waals surface area contributed by atoms with E-state index in [1.807, 2.05) is 6.92 Å². The van der Waals surface area contributed by atoms with Crippen molar-refractivity contribution in [1.82, 2.24) is 0 Å². The Morgan fingerprint density at radius 2 is 1.88 bits per heavy atom. The van der Waals surface area contributed by atoms with Crippen LogP contribution in [0.25, 0.3) is 0 Å². The van der Waals surface area contributed by atoms with Crippen molar-refractivity contribution in [3.63, 3.8) is 0 Å². The van der Waals surface area contributed by atoms with Gasteiger partial charge in [0.25, 0.3) is 0 Å². The normalized spacial score (nSPS) is 24.2. The molecule has 1 aliphatic rings. The number of benzene rings is 1. The molecule has 0 amide bonds. The summed E-state index contributed by atoms with van der Waals surface area (Å²) in [7, 11) is 0. The van der Waals surface area contributed by atoms with Gasteiger partial charge in [0.1, 0.15) is 11.5 Å². The largest absolute Gasteiger partial charge is 0.507 e. The van der Waals surface area contributed by atoms with Crippen molar-refractivity contribution >= 4 is 0 Å². The molecule has 5 nitrogen and oxygen atoms in total. The number of phenols is 2. The van der Waals surface area contributed by atoms with Gasteiger partial charge in [-0.15, -0.1) is 0 Å². The lowest BCUT2D eigenvalue weighted by Gasteiger charge is -2.34. The van der Waals surface area contributed by atoms with Crippen LogP contribution < -0.4 is 0 Å². The number of aliphatic hydroxyl groups excluding tert-OH is 3. The van der Waals surface area contributed by atoms with Gasteiger partial charge in [-0.3, -0.25) is 0 Å². The Bertz CT molecular complexity index is 654. The Hall–Kier alpha value is -1.82. The molecule has 0 radical (unpaired) electrons. The molecule has 2 rings (SSSR count). The smallest absolute Gasteiger partial charge is 0.123 e. The van der Waals surface area contributed by atoms with Gasteiger partial charge in [0.2, 0.25) is 0 Å². The maximum absolute atomic E-state index is 10.6. The quantitative estimate of drug-likeness (QED) is 0.480. The highest BCUT2D eigenvalue weighted by Crippen LogP contribution is 2.46. The molecule has 1 aromatic rings. The van der Waals surface area contributed by atoms with Gasteiger partial charge in [0, 0.05) is 11.5 Å². The first kappa shape index (κ1) is 20.5. The summed E-state index contributed by atoms with van der Waals surface area (Å²) in [5.74, 6) is -0.501. The molecule has 5 N–H and O–H groups in total. The van der Waals surface area contributed by atoms with Crippen molar-refractivity contribution in [2.45, 2.75) is 57.7 Å². The van der Waals surface area contributed by atoms with Gasteiger partial charge in [-0.2, -0.15) is 0 Å². The molecule has 0 saturated heterocycles. The molecule has 0 bridgehead atoms. The molecule has 0 spiro atoms. The van der Waals surface area contributed by atoms with E-state index in [9.17, 15) is 25.5 Å². The van der Waals surface area contributed by atoms with Crippen molar-refractivity contribution in [3.05, 3.63) is 47.1 Å². The summed E-state index contributed by atoms with van der Waals surface area (Å²) < 4.78 is 0. The van der Waals surface area contributed by atoms with Crippen LogP contribution >= 0.6 is 0 Å². The number of aryl methyl sites for hydroxylation is 1. The first-order valence-electron chi connectivity index (χ1n) is 9.12. The third-order valence-electron chi connectivity index (χ3n) is 5.16. The molecule has 0 heterocycles. The zero-order valence-corrected chi connectivity index (χ0v) is 15.5. The molecular formula is C21H30O5. The van der Waals surface area contributed by atoms with Crippen LogP contribution in [-0.2, 0) is 6.42 Å². The molecule has 1 aliphatic carbocycles. The Morgan fingerprint density at radius 1 is 1.27 bits per heavy atom. The fraction of sp³-hybridized carbons (Fsp3) is 0.524. The van der Waals surface area contributed by atoms with E-state index in [1.54, 1.807) is 25.1 Å². The standard InChI is InChI=1S/C21H30O5/c1-12(2)16-10-18(24)15(11-22)9-17(16)21-19(25)7-14(8-20(21)26)6-4-5-13(3)23/h7-9,13,16-18,22-26H,1,4-6,10-11H2,2-3H3/t13?,16-,17?,18?/m0/s1. The van der Waals surface area contributed by atoms with Gasteiger partial charge in [-0.05, 0) is 68.7 Å². The topological polar surface area (TPSA) is 101 Å². The van der Waals surface area contributed by atoms with E-state index in [-0.39, 0.29) is 36.0 Å². The Labute approximate surface area is 154 Å². The van der Waals surface area contributed by atoms with Gasteiger partial charge in [-0.25, -0.2) is 0 Å². The van der Waals surface area contributed by atoms with Crippen molar-refractivity contribution in [2.75, 3.05) is 6.61 Å². The molecule has 144 valence electrons. The van der Waals surface area contributed by atoms with Gasteiger partial charge in [0.15, 0.2) is 0 Å². The number of allylic oxidation sites excluding steroid dienone is 2. The van der Waals surface area contributed by atoms with Crippen molar-refractivity contribution < 1.29 is 25.5 Å². The third-order valence-corrected chi connectivity index (χ3v) is 5.16. The predicted molar refractivity (Wildman–Crippen MR) is 101 cm³/mol. The van der Waals surface area contributed by atoms with E-state index < -0.39 is 6.10 Å². The lowest BCUT2D eigenvalue weighted by Crippen LogP contribution is -2.28. The minimum atomic E-state index is -0.748. The summed E-state index contributed by atoms with van der Waals surface area (Å²) in [4.78, 5) is 0. The SMILES string of the molecule is C=C(C)[C@@H]1CC(O)C(CO)=CC1c1c(O)cc(CCCC(C)O)cc1O. The summed E-state index contributed by atoms with van der Waals surface area (Å²) in [5, 5.41) is 50.1. The molecule has 1 aromatic carbocycles. The molecule has 3 unspecified atom stereocenters. The van der Waals surface area contributed by atoms with E-state index in [2.05, 4.69) is 6.58 Å². The highest BCUT2D eigenvalue weighted by Gasteiger charge is 2.34. The zero-order valence-electron chi connectivity index (χ0n) is 15.5. The first-order chi connectivity index (χ1) is 12.2. The first-order valence-corrected chi connectivity index (χ1v) is 9.12. The fourth-order valence-corrected chi connectivity index (χ4v) is 3.71. The average molecular weight is 362 g/mol. The third kappa shape index (κ3) is 4.67. The Balaban J connectivity index is 2.36. The highest BCUT2D eigenvalue weighted by atomic mass is 16.3. The Kier molecular flexibility index (Phi) is 6.87. The fourth-order valence-electron chi connectivity index (χ4n) is 3.71. The molecule has 5 heteroatoms. The van der Waals surface area contributed by atoms with Crippen LogP contribution in [0.2, 0.25) is 0 Å². The highest BCUT2D eigenvalue weighted by molar-refractivity contribution is 5.52. The minimum Gasteiger partial charge on any atom is -0.507 e. The maximum Gasteiger partial charge on any atom is 0.123 e. The average Bonchev–Trinajstić information content (AvgIpc) is 2.54. The van der Waals surface area contributed by atoms with Crippen LogP contribution in [0, 0.1) is 5.92 Å². The number of rotatable bonds is 7. The van der Waals surface area contributed by atoms with E-state index in [1.165, 1.54) is 0 Å². The number of hydrogen-bond donors (Lipinski definition) is 5. The minimum absolute atomic E-state index is 0.00164. The summed E-state index contributed by atoms with van der Waals surface area (Å²) in [6.45, 7) is 7.32. The van der Waals surface area contributed by atoms with Crippen molar-refractivity contribution in [2.24, 2.45) is 5.92 Å². The zero-order chi connectivity index (χ0) is 19.4. The molecule has 4 atom stereocenters. The van der Waals surface area contributed by atoms with Crippen LogP contribution in [0.15, 0.2) is 35.9 Å². The summed E-state index contributed by atoms with van der Waals surface area (Å²) >= 11 is 0. The second kappa shape index (κ2) is 8.71. The number of aliphatic hydroxyl groups is 3. The second-order valence-electron chi connectivity index (χ2n) is 7.42. The summed E-state index contributed by atoms with van der Waals surface area (Å²) in [6.07, 6.45) is 3.07. The van der Waals surface area contributed by atoms with Crippen molar-refractivity contribution in [1.29, 1.82) is 0 Å². The van der Waals surface area contributed by atoms with Gasteiger partial charge in [0.05, 0.1) is 18.8 Å². The lowest BCUT2D eigenvalue weighted by atomic mass is 9.72. The molecular weight excluding hydrogens is 332 g/mol. The van der Waals surface area contributed by atoms with E-state index in [0.717, 1.165) is 17.6 Å². The molecule has 0 aromatic heterocycles. The second-order valence-corrected chi connectivity index (χ2v) is 7.42. The predicted octanol–water partition coefficient (Wildman–Crippen LogP) is 2.76. The molecule has 0 saturated carbocycles. The van der Waals surface area contributed by atoms with E-state index in [4.69, 9.17) is 0 Å². The number of aromatic hydroxyl groups is 2. The van der Waals surface area contributed by atoms with Gasteiger partial charge < -0.3 is 25.5 Å². The van der Waals surface area contributed by atoms with Crippen LogP contribution in [0.5, 0.6) is 11.5 Å². The number of phenolic OH excluding ortho intramolecular Hbond substituents is 2. The molecule has 26 heavy (non-hydrogen) atoms. The van der Waals surface area contributed by atoms with Gasteiger partial charge in [-0.1, -0.05) is 18.2 Å². The van der Waals surface area contributed by atoms with E-state index in [0.29, 0.717) is 30.4 Å². The van der Waals surface area contributed by atoms with Crippen LogP contribution in [0.3, 0.4) is 0 Å². The van der Waals surface area contributed by atoms with Crippen LogP contribution in [0.4, 0.5) is 0 Å². The Morgan fingerprint density at radius 3 is 2.38 bits per heavy atom. The monoisotopic (exact) mass is 362 g/mol. The maximum atomic E-state index is 10.6. The summed E-state index contributed by atoms with van der Waals surface area (Å²) in [6, 6.07) is 3.29.